The first-order chi connectivity index (χ1) is 13.4. The van der Waals surface area contributed by atoms with Crippen molar-refractivity contribution in [3.05, 3.63) is 58.0 Å². The van der Waals surface area contributed by atoms with Crippen LogP contribution in [0.25, 0.3) is 11.4 Å². The Balaban J connectivity index is 1.73. The number of hydrogen-bond acceptors (Lipinski definition) is 4. The zero-order valence-electron chi connectivity index (χ0n) is 15.5. The van der Waals surface area contributed by atoms with Crippen LogP contribution < -0.4 is 5.32 Å². The van der Waals surface area contributed by atoms with E-state index in [0.717, 1.165) is 33.2 Å². The van der Waals surface area contributed by atoms with Gasteiger partial charge in [-0.1, -0.05) is 53.1 Å². The lowest BCUT2D eigenvalue weighted by atomic mass is 10.2. The number of halogens is 2. The highest BCUT2D eigenvalue weighted by atomic mass is 79.9. The van der Waals surface area contributed by atoms with Gasteiger partial charge in [-0.05, 0) is 54.4 Å². The molecule has 0 radical (unpaired) electrons. The lowest BCUT2D eigenvalue weighted by Crippen LogP contribution is -2.15. The maximum absolute atomic E-state index is 12.3. The Kier molecular flexibility index (Phi) is 7.15. The Bertz CT molecular complexity index is 942. The van der Waals surface area contributed by atoms with Crippen LogP contribution >= 0.6 is 39.3 Å². The van der Waals surface area contributed by atoms with Crippen LogP contribution in [0, 0.1) is 5.92 Å². The van der Waals surface area contributed by atoms with Gasteiger partial charge in [0, 0.05) is 27.3 Å². The normalized spacial score (nSPS) is 11.0. The second kappa shape index (κ2) is 9.58. The van der Waals surface area contributed by atoms with E-state index in [1.54, 1.807) is 0 Å². The SMILES string of the molecule is CC(C)Cn1c(SCC(=O)Nc2ccc(Br)cc2)nnc1-c1ccc(Cl)cc1. The maximum atomic E-state index is 12.3. The minimum atomic E-state index is -0.0838. The minimum Gasteiger partial charge on any atom is -0.325 e. The quantitative estimate of drug-likeness (QED) is 0.438. The second-order valence-electron chi connectivity index (χ2n) is 6.66. The van der Waals surface area contributed by atoms with Crippen LogP contribution in [0.2, 0.25) is 5.02 Å². The number of nitrogens with zero attached hydrogens (tertiary/aromatic N) is 3. The fourth-order valence-electron chi connectivity index (χ4n) is 2.60. The van der Waals surface area contributed by atoms with Crippen LogP contribution in [0.4, 0.5) is 5.69 Å². The van der Waals surface area contributed by atoms with E-state index in [1.807, 2.05) is 48.5 Å². The molecule has 0 atom stereocenters. The number of rotatable bonds is 7. The van der Waals surface area contributed by atoms with E-state index in [2.05, 4.69) is 49.9 Å². The second-order valence-corrected chi connectivity index (χ2v) is 8.96. The number of carbonyl (C=O) groups is 1. The molecule has 0 spiro atoms. The number of anilines is 1. The molecule has 8 heteroatoms. The fourth-order valence-corrected chi connectivity index (χ4v) is 3.74. The summed E-state index contributed by atoms with van der Waals surface area (Å²) in [7, 11) is 0. The van der Waals surface area contributed by atoms with Gasteiger partial charge < -0.3 is 9.88 Å². The highest BCUT2D eigenvalue weighted by Crippen LogP contribution is 2.26. The average molecular weight is 480 g/mol. The molecule has 1 aromatic heterocycles. The van der Waals surface area contributed by atoms with E-state index >= 15 is 0 Å². The molecule has 1 amide bonds. The van der Waals surface area contributed by atoms with E-state index in [4.69, 9.17) is 11.6 Å². The average Bonchev–Trinajstić information content (AvgIpc) is 3.04. The third-order valence-corrected chi connectivity index (χ3v) is 5.57. The standard InChI is InChI=1S/C20H20BrClN4OS/c1-13(2)11-26-19(14-3-7-16(22)8-4-14)24-25-20(26)28-12-18(27)23-17-9-5-15(21)6-10-17/h3-10,13H,11-12H2,1-2H3,(H,23,27). The van der Waals surface area contributed by atoms with Crippen molar-refractivity contribution >= 4 is 50.9 Å². The van der Waals surface area contributed by atoms with Gasteiger partial charge in [-0.25, -0.2) is 0 Å². The number of carbonyl (C=O) groups excluding carboxylic acids is 1. The van der Waals surface area contributed by atoms with Gasteiger partial charge >= 0.3 is 0 Å². The van der Waals surface area contributed by atoms with Gasteiger partial charge in [0.1, 0.15) is 0 Å². The first-order valence-corrected chi connectivity index (χ1v) is 11.0. The Labute approximate surface area is 182 Å². The maximum Gasteiger partial charge on any atom is 0.234 e. The number of aromatic nitrogens is 3. The molecule has 146 valence electrons. The van der Waals surface area contributed by atoms with Crippen LogP contribution in [0.15, 0.2) is 58.2 Å². The molecule has 0 saturated carbocycles. The van der Waals surface area contributed by atoms with Crippen LogP contribution in [0.3, 0.4) is 0 Å². The van der Waals surface area contributed by atoms with E-state index in [1.165, 1.54) is 11.8 Å². The molecule has 3 aromatic rings. The van der Waals surface area contributed by atoms with Crippen LogP contribution in [-0.2, 0) is 11.3 Å². The van der Waals surface area contributed by atoms with Gasteiger partial charge in [-0.15, -0.1) is 10.2 Å². The van der Waals surface area contributed by atoms with Crippen molar-refractivity contribution in [3.8, 4) is 11.4 Å². The van der Waals surface area contributed by atoms with Gasteiger partial charge in [0.15, 0.2) is 11.0 Å². The molecule has 0 bridgehead atoms. The molecule has 5 nitrogen and oxygen atoms in total. The number of benzene rings is 2. The van der Waals surface area contributed by atoms with Crippen molar-refractivity contribution in [2.75, 3.05) is 11.1 Å². The third kappa shape index (κ3) is 5.59. The topological polar surface area (TPSA) is 59.8 Å². The monoisotopic (exact) mass is 478 g/mol. The summed E-state index contributed by atoms with van der Waals surface area (Å²) in [4.78, 5) is 12.3. The van der Waals surface area contributed by atoms with E-state index in [9.17, 15) is 4.79 Å². The zero-order valence-corrected chi connectivity index (χ0v) is 18.7. The first kappa shape index (κ1) is 20.9. The van der Waals surface area contributed by atoms with Crippen molar-refractivity contribution in [2.24, 2.45) is 5.92 Å². The summed E-state index contributed by atoms with van der Waals surface area (Å²) >= 11 is 10.8. The molecule has 0 aliphatic heterocycles. The summed E-state index contributed by atoms with van der Waals surface area (Å²) < 4.78 is 3.03. The zero-order chi connectivity index (χ0) is 20.1. The van der Waals surface area contributed by atoms with Crippen molar-refractivity contribution in [3.63, 3.8) is 0 Å². The summed E-state index contributed by atoms with van der Waals surface area (Å²) in [5, 5.41) is 13.0. The molecule has 0 unspecified atom stereocenters. The summed E-state index contributed by atoms with van der Waals surface area (Å²) in [5.74, 6) is 1.37. The molecular formula is C20H20BrClN4OS. The molecule has 0 aliphatic carbocycles. The van der Waals surface area contributed by atoms with Gasteiger partial charge in [0.2, 0.25) is 5.91 Å². The first-order valence-electron chi connectivity index (χ1n) is 8.79. The molecule has 0 fully saturated rings. The van der Waals surface area contributed by atoms with Crippen LogP contribution in [-0.4, -0.2) is 26.4 Å². The molecule has 1 heterocycles. The van der Waals surface area contributed by atoms with Gasteiger partial charge in [-0.2, -0.15) is 0 Å². The highest BCUT2D eigenvalue weighted by molar-refractivity contribution is 9.10. The smallest absolute Gasteiger partial charge is 0.234 e. The summed E-state index contributed by atoms with van der Waals surface area (Å²) in [6.07, 6.45) is 0. The summed E-state index contributed by atoms with van der Waals surface area (Å²) in [6.45, 7) is 5.04. The van der Waals surface area contributed by atoms with Crippen LogP contribution in [0.1, 0.15) is 13.8 Å². The Morgan fingerprint density at radius 3 is 2.46 bits per heavy atom. The number of thioether (sulfide) groups is 1. The summed E-state index contributed by atoms with van der Waals surface area (Å²) in [5.41, 5.74) is 1.71. The number of amides is 1. The molecule has 0 saturated heterocycles. The van der Waals surface area contributed by atoms with E-state index in [-0.39, 0.29) is 11.7 Å². The minimum absolute atomic E-state index is 0.0838. The summed E-state index contributed by atoms with van der Waals surface area (Å²) in [6, 6.07) is 15.0. The molecule has 2 aromatic carbocycles. The van der Waals surface area contributed by atoms with Crippen molar-refractivity contribution < 1.29 is 4.79 Å². The third-order valence-electron chi connectivity index (χ3n) is 3.83. The fraction of sp³-hybridized carbons (Fsp3) is 0.250. The Morgan fingerprint density at radius 2 is 1.82 bits per heavy atom. The number of nitrogens with one attached hydrogen (secondary N) is 1. The van der Waals surface area contributed by atoms with Gasteiger partial charge in [0.05, 0.1) is 5.75 Å². The molecule has 28 heavy (non-hydrogen) atoms. The van der Waals surface area contributed by atoms with Crippen molar-refractivity contribution in [2.45, 2.75) is 25.5 Å². The number of hydrogen-bond donors (Lipinski definition) is 1. The van der Waals surface area contributed by atoms with Gasteiger partial charge in [-0.3, -0.25) is 4.79 Å². The van der Waals surface area contributed by atoms with Crippen molar-refractivity contribution in [1.29, 1.82) is 0 Å². The van der Waals surface area contributed by atoms with Crippen LogP contribution in [0.5, 0.6) is 0 Å². The van der Waals surface area contributed by atoms with E-state index in [0.29, 0.717) is 10.9 Å². The Morgan fingerprint density at radius 1 is 1.14 bits per heavy atom. The predicted molar refractivity (Wildman–Crippen MR) is 119 cm³/mol. The lowest BCUT2D eigenvalue weighted by molar-refractivity contribution is -0.113. The molecular weight excluding hydrogens is 460 g/mol. The van der Waals surface area contributed by atoms with Gasteiger partial charge in [0.25, 0.3) is 0 Å². The molecule has 3 rings (SSSR count). The Hall–Kier alpha value is -1.83. The highest BCUT2D eigenvalue weighted by Gasteiger charge is 2.16. The predicted octanol–water partition coefficient (Wildman–Crippen LogP) is 5.75. The molecule has 0 aliphatic rings. The largest absolute Gasteiger partial charge is 0.325 e. The molecule has 1 N–H and O–H groups in total. The lowest BCUT2D eigenvalue weighted by Gasteiger charge is -2.12. The van der Waals surface area contributed by atoms with Crippen molar-refractivity contribution in [1.82, 2.24) is 14.8 Å². The van der Waals surface area contributed by atoms with E-state index < -0.39 is 0 Å².